The molecular weight excluding hydrogens is 294 g/mol. The van der Waals surface area contributed by atoms with E-state index in [9.17, 15) is 9.59 Å². The Kier molecular flexibility index (Phi) is 4.31. The number of hydrogen-bond donors (Lipinski definition) is 3. The molecule has 7 heteroatoms. The van der Waals surface area contributed by atoms with Crippen molar-refractivity contribution in [3.05, 3.63) is 24.0 Å². The highest BCUT2D eigenvalue weighted by atomic mass is 16.1. The molecule has 0 saturated heterocycles. The Hall–Kier alpha value is -2.57. The van der Waals surface area contributed by atoms with Gasteiger partial charge in [0.15, 0.2) is 0 Å². The molecule has 0 unspecified atom stereocenters. The molecule has 1 atom stereocenters. The van der Waals surface area contributed by atoms with Crippen molar-refractivity contribution in [2.45, 2.75) is 40.7 Å². The quantitative estimate of drug-likeness (QED) is 0.804. The first-order valence-electron chi connectivity index (χ1n) is 7.45. The van der Waals surface area contributed by atoms with E-state index in [0.717, 1.165) is 0 Å². The van der Waals surface area contributed by atoms with E-state index in [-0.39, 0.29) is 17.4 Å². The summed E-state index contributed by atoms with van der Waals surface area (Å²) in [6.45, 7) is 9.79. The minimum Gasteiger partial charge on any atom is -0.380 e. The number of primary amides is 1. The highest BCUT2D eigenvalue weighted by Crippen LogP contribution is 2.29. The first kappa shape index (κ1) is 16.8. The van der Waals surface area contributed by atoms with E-state index >= 15 is 0 Å². The SMILES string of the molecule is CC(=O)Nc1cc2c(N[C@H](C)C(C)(C)C)c(C(N)=O)cnn2c1. The Balaban J connectivity index is 2.56. The maximum atomic E-state index is 11.7. The molecule has 0 aromatic carbocycles. The summed E-state index contributed by atoms with van der Waals surface area (Å²) in [5.41, 5.74) is 7.70. The molecule has 7 nitrogen and oxygen atoms in total. The van der Waals surface area contributed by atoms with Gasteiger partial charge in [0.2, 0.25) is 5.91 Å². The van der Waals surface area contributed by atoms with Crippen LogP contribution in [0.4, 0.5) is 11.4 Å². The molecule has 0 aliphatic carbocycles. The Morgan fingerprint density at radius 1 is 1.35 bits per heavy atom. The molecule has 0 aliphatic heterocycles. The zero-order chi connectivity index (χ0) is 17.4. The van der Waals surface area contributed by atoms with Gasteiger partial charge in [0.1, 0.15) is 0 Å². The number of rotatable bonds is 4. The van der Waals surface area contributed by atoms with E-state index < -0.39 is 5.91 Å². The topological polar surface area (TPSA) is 102 Å². The number of carbonyl (C=O) groups excluding carboxylic acids is 2. The highest BCUT2D eigenvalue weighted by molar-refractivity contribution is 6.02. The van der Waals surface area contributed by atoms with Crippen LogP contribution in [-0.4, -0.2) is 27.5 Å². The van der Waals surface area contributed by atoms with Crippen LogP contribution in [0.3, 0.4) is 0 Å². The molecule has 2 rings (SSSR count). The molecule has 2 aromatic rings. The summed E-state index contributed by atoms with van der Waals surface area (Å²) < 4.78 is 1.61. The van der Waals surface area contributed by atoms with E-state index in [0.29, 0.717) is 22.5 Å². The van der Waals surface area contributed by atoms with Crippen LogP contribution >= 0.6 is 0 Å². The van der Waals surface area contributed by atoms with Crippen molar-refractivity contribution in [3.8, 4) is 0 Å². The summed E-state index contributed by atoms with van der Waals surface area (Å²) in [6.07, 6.45) is 3.12. The smallest absolute Gasteiger partial charge is 0.252 e. The zero-order valence-corrected chi connectivity index (χ0v) is 14.1. The Labute approximate surface area is 135 Å². The zero-order valence-electron chi connectivity index (χ0n) is 14.1. The van der Waals surface area contributed by atoms with Gasteiger partial charge in [-0.1, -0.05) is 20.8 Å². The van der Waals surface area contributed by atoms with Gasteiger partial charge in [-0.15, -0.1) is 0 Å². The van der Waals surface area contributed by atoms with Crippen molar-refractivity contribution in [2.75, 3.05) is 10.6 Å². The van der Waals surface area contributed by atoms with E-state index in [1.807, 2.05) is 6.92 Å². The van der Waals surface area contributed by atoms with E-state index in [1.165, 1.54) is 13.1 Å². The number of nitrogens with two attached hydrogens (primary N) is 1. The van der Waals surface area contributed by atoms with Gasteiger partial charge in [-0.25, -0.2) is 4.52 Å². The maximum absolute atomic E-state index is 11.7. The summed E-state index contributed by atoms with van der Waals surface area (Å²) in [5, 5.41) is 10.3. The van der Waals surface area contributed by atoms with E-state index in [1.54, 1.807) is 16.8 Å². The predicted molar refractivity (Wildman–Crippen MR) is 90.6 cm³/mol. The molecule has 0 fully saturated rings. The lowest BCUT2D eigenvalue weighted by Gasteiger charge is -2.29. The fourth-order valence-corrected chi connectivity index (χ4v) is 2.10. The third kappa shape index (κ3) is 3.61. The molecular formula is C16H23N5O2. The molecule has 2 amide bonds. The molecule has 0 saturated carbocycles. The van der Waals surface area contributed by atoms with Crippen LogP contribution in [0.2, 0.25) is 0 Å². The molecule has 0 spiro atoms. The average Bonchev–Trinajstić information content (AvgIpc) is 2.79. The molecule has 0 aliphatic rings. The number of amides is 2. The summed E-state index contributed by atoms with van der Waals surface area (Å²) in [7, 11) is 0. The second-order valence-corrected chi connectivity index (χ2v) is 6.77. The lowest BCUT2D eigenvalue weighted by atomic mass is 9.88. The maximum Gasteiger partial charge on any atom is 0.252 e. The number of aromatic nitrogens is 2. The number of nitrogens with one attached hydrogen (secondary N) is 2. The summed E-state index contributed by atoms with van der Waals surface area (Å²) in [6, 6.07) is 1.85. The van der Waals surface area contributed by atoms with Gasteiger partial charge in [0, 0.05) is 13.0 Å². The lowest BCUT2D eigenvalue weighted by Crippen LogP contribution is -2.32. The fourth-order valence-electron chi connectivity index (χ4n) is 2.10. The summed E-state index contributed by atoms with van der Waals surface area (Å²) in [5.74, 6) is -0.723. The predicted octanol–water partition coefficient (Wildman–Crippen LogP) is 2.24. The Morgan fingerprint density at radius 3 is 2.52 bits per heavy atom. The van der Waals surface area contributed by atoms with Crippen molar-refractivity contribution in [3.63, 3.8) is 0 Å². The minimum absolute atomic E-state index is 0.0117. The third-order valence-electron chi connectivity index (χ3n) is 3.88. The standard InChI is InChI=1S/C16H23N5O2/c1-9(16(3,4)5)19-14-12(15(17)23)7-18-21-8-11(6-13(14)21)20-10(2)22/h6-9,19H,1-5H3,(H2,17,23)(H,20,22)/t9-/m1/s1. The summed E-state index contributed by atoms with van der Waals surface area (Å²) >= 11 is 0. The van der Waals surface area contributed by atoms with Gasteiger partial charge in [0.25, 0.3) is 5.91 Å². The minimum atomic E-state index is -0.550. The van der Waals surface area contributed by atoms with Crippen LogP contribution in [0.25, 0.3) is 5.52 Å². The summed E-state index contributed by atoms with van der Waals surface area (Å²) in [4.78, 5) is 23.0. The molecule has 0 bridgehead atoms. The van der Waals surface area contributed by atoms with Crippen molar-refractivity contribution in [2.24, 2.45) is 11.1 Å². The van der Waals surface area contributed by atoms with Gasteiger partial charge < -0.3 is 16.4 Å². The van der Waals surface area contributed by atoms with Crippen LogP contribution < -0.4 is 16.4 Å². The third-order valence-corrected chi connectivity index (χ3v) is 3.88. The van der Waals surface area contributed by atoms with Gasteiger partial charge in [0.05, 0.1) is 34.8 Å². The largest absolute Gasteiger partial charge is 0.380 e. The number of hydrogen-bond acceptors (Lipinski definition) is 4. The molecule has 4 N–H and O–H groups in total. The van der Waals surface area contributed by atoms with Gasteiger partial charge in [-0.3, -0.25) is 9.59 Å². The molecule has 124 valence electrons. The van der Waals surface area contributed by atoms with Crippen LogP contribution in [0.15, 0.2) is 18.5 Å². The van der Waals surface area contributed by atoms with E-state index in [2.05, 4.69) is 36.5 Å². The second kappa shape index (κ2) is 5.91. The monoisotopic (exact) mass is 317 g/mol. The molecule has 2 heterocycles. The van der Waals surface area contributed by atoms with Crippen LogP contribution in [0.5, 0.6) is 0 Å². The normalized spacial score (nSPS) is 12.9. The van der Waals surface area contributed by atoms with Crippen LogP contribution in [-0.2, 0) is 4.79 Å². The van der Waals surface area contributed by atoms with Crippen molar-refractivity contribution < 1.29 is 9.59 Å². The molecule has 2 aromatic heterocycles. The van der Waals surface area contributed by atoms with Gasteiger partial charge in [-0.2, -0.15) is 5.10 Å². The van der Waals surface area contributed by atoms with Gasteiger partial charge >= 0.3 is 0 Å². The molecule has 0 radical (unpaired) electrons. The Bertz CT molecular complexity index is 758. The second-order valence-electron chi connectivity index (χ2n) is 6.77. The van der Waals surface area contributed by atoms with Crippen molar-refractivity contribution in [1.82, 2.24) is 9.61 Å². The fraction of sp³-hybridized carbons (Fsp3) is 0.438. The first-order chi connectivity index (χ1) is 10.6. The van der Waals surface area contributed by atoms with E-state index in [4.69, 9.17) is 5.73 Å². The number of fused-ring (bicyclic) bond motifs is 1. The first-order valence-corrected chi connectivity index (χ1v) is 7.45. The van der Waals surface area contributed by atoms with Gasteiger partial charge in [-0.05, 0) is 18.4 Å². The van der Waals surface area contributed by atoms with Crippen LogP contribution in [0, 0.1) is 5.41 Å². The molecule has 23 heavy (non-hydrogen) atoms. The number of nitrogens with zero attached hydrogens (tertiary/aromatic N) is 2. The lowest BCUT2D eigenvalue weighted by molar-refractivity contribution is -0.114. The van der Waals surface area contributed by atoms with Crippen LogP contribution in [0.1, 0.15) is 45.0 Å². The Morgan fingerprint density at radius 2 is 2.00 bits per heavy atom. The number of anilines is 2. The number of carbonyl (C=O) groups is 2. The van der Waals surface area contributed by atoms with Crippen molar-refractivity contribution in [1.29, 1.82) is 0 Å². The average molecular weight is 317 g/mol. The highest BCUT2D eigenvalue weighted by Gasteiger charge is 2.23. The van der Waals surface area contributed by atoms with Crippen molar-refractivity contribution >= 4 is 28.7 Å².